The number of carbonyl (C=O) groups excluding carboxylic acids is 2. The molecule has 1 aliphatic heterocycles. The number of allylic oxidation sites excluding steroid dienone is 2. The van der Waals surface area contributed by atoms with Crippen LogP contribution < -0.4 is 0 Å². The lowest BCUT2D eigenvalue weighted by atomic mass is 9.89. The molecular weight excluding hydrogens is 471 g/mol. The molecule has 144 valence electrons. The van der Waals surface area contributed by atoms with Crippen LogP contribution in [-0.2, 0) is 11.3 Å². The van der Waals surface area contributed by atoms with Crippen LogP contribution in [-0.4, -0.2) is 53.4 Å². The number of Topliss-reactive ketones (excluding diaryl/α,β-unsaturated/α-hetero) is 2. The van der Waals surface area contributed by atoms with Crippen LogP contribution in [0.25, 0.3) is 0 Å². The molecule has 2 aliphatic rings. The molecule has 2 heterocycles. The van der Waals surface area contributed by atoms with Gasteiger partial charge in [-0.05, 0) is 6.92 Å². The molecule has 28 heavy (non-hydrogen) atoms. The number of ether oxygens (including phenoxy) is 1. The van der Waals surface area contributed by atoms with Crippen LogP contribution in [0, 0.1) is 0 Å². The Labute approximate surface area is 173 Å². The minimum atomic E-state index is -0.659. The molecule has 8 heteroatoms. The van der Waals surface area contributed by atoms with Gasteiger partial charge in [-0.15, -0.1) is 0 Å². The second-order valence-corrected chi connectivity index (χ2v) is 9.55. The molecule has 2 aromatic rings. The summed E-state index contributed by atoms with van der Waals surface area (Å²) in [7, 11) is 1.63. The van der Waals surface area contributed by atoms with E-state index in [2.05, 4.69) is 9.97 Å². The molecule has 7 nitrogen and oxygen atoms in total. The molecule has 1 aromatic carbocycles. The van der Waals surface area contributed by atoms with Gasteiger partial charge in [0.15, 0.2) is 0 Å². The quantitative estimate of drug-likeness (QED) is 0.471. The number of rotatable bonds is 5. The third-order valence-corrected chi connectivity index (χ3v) is 7.30. The minimum Gasteiger partial charge on any atom is -0.383 e. The van der Waals surface area contributed by atoms with E-state index in [1.165, 1.54) is 0 Å². The molecule has 1 aromatic heterocycles. The fourth-order valence-electron chi connectivity index (χ4n) is 3.33. The number of carbonyl (C=O) groups is 2. The summed E-state index contributed by atoms with van der Waals surface area (Å²) in [6.45, 7) is 3.50. The van der Waals surface area contributed by atoms with E-state index in [0.717, 1.165) is 9.33 Å². The highest BCUT2D eigenvalue weighted by atomic mass is 127. The van der Waals surface area contributed by atoms with Crippen LogP contribution in [0.15, 0.2) is 54.3 Å². The number of hydrogen-bond acceptors (Lipinski definition) is 7. The molecule has 0 bridgehead atoms. The average Bonchev–Trinajstić information content (AvgIpc) is 2.72. The normalized spacial score (nSPS) is 16.4. The predicted molar refractivity (Wildman–Crippen MR) is 113 cm³/mol. The number of aromatic nitrogens is 2. The molecular formula is C20H19IN4O3. The van der Waals surface area contributed by atoms with Crippen LogP contribution in [0.3, 0.4) is 0 Å². The van der Waals surface area contributed by atoms with Gasteiger partial charge in [0.05, 0.1) is 28.7 Å². The Bertz CT molecular complexity index is 1000. The summed E-state index contributed by atoms with van der Waals surface area (Å²) in [5.74, 6) is -0.225. The number of fused-ring (bicyclic) bond motifs is 1. The molecule has 0 saturated heterocycles. The average molecular weight is 490 g/mol. The van der Waals surface area contributed by atoms with Gasteiger partial charge in [0, 0.05) is 58.2 Å². The molecule has 0 radical (unpaired) electrons. The van der Waals surface area contributed by atoms with Crippen LogP contribution in [0.2, 0.25) is 0 Å². The van der Waals surface area contributed by atoms with Gasteiger partial charge < -0.3 is 12.8 Å². The third kappa shape index (κ3) is 3.26. The number of ketones is 2. The zero-order valence-electron chi connectivity index (χ0n) is 15.6. The first-order valence-corrected chi connectivity index (χ1v) is 10.9. The number of halogens is 1. The Balaban J connectivity index is 1.83. The van der Waals surface area contributed by atoms with Crippen molar-refractivity contribution in [1.29, 1.82) is 0 Å². The highest BCUT2D eigenvalue weighted by molar-refractivity contribution is 14.2. The molecule has 0 fully saturated rings. The summed E-state index contributed by atoms with van der Waals surface area (Å²) < 4.78 is 8.36. The second kappa shape index (κ2) is 7.88. The van der Waals surface area contributed by atoms with Gasteiger partial charge >= 0.3 is 0 Å². The highest BCUT2D eigenvalue weighted by Crippen LogP contribution is 2.38. The summed E-state index contributed by atoms with van der Waals surface area (Å²) in [6, 6.07) is 7.03. The van der Waals surface area contributed by atoms with Crippen molar-refractivity contribution in [3.8, 4) is 0 Å². The van der Waals surface area contributed by atoms with E-state index in [0.29, 0.717) is 42.2 Å². The van der Waals surface area contributed by atoms with Gasteiger partial charge in [-0.1, -0.05) is 24.3 Å². The SMILES string of the molecule is COCCN1C(C)=IN(Cc2cnccn2)C2=C1C(=O)c1ccccc1C2=O. The van der Waals surface area contributed by atoms with Gasteiger partial charge in [0.1, 0.15) is 11.4 Å². The summed E-state index contributed by atoms with van der Waals surface area (Å²) in [5, 5.41) is 0. The Kier molecular flexibility index (Phi) is 5.31. The van der Waals surface area contributed by atoms with Crippen LogP contribution >= 0.6 is 21.0 Å². The van der Waals surface area contributed by atoms with Crippen molar-refractivity contribution in [3.05, 3.63) is 71.1 Å². The summed E-state index contributed by atoms with van der Waals surface area (Å²) >= 11 is -0.659. The van der Waals surface area contributed by atoms with Crippen molar-refractivity contribution in [2.45, 2.75) is 13.5 Å². The second-order valence-electron chi connectivity index (χ2n) is 6.34. The Morgan fingerprint density at radius 3 is 2.43 bits per heavy atom. The first kappa shape index (κ1) is 18.9. The lowest BCUT2D eigenvalue weighted by Gasteiger charge is -2.38. The van der Waals surface area contributed by atoms with E-state index < -0.39 is 21.0 Å². The fraction of sp³-hybridized carbons (Fsp3) is 0.250. The molecule has 0 saturated carbocycles. The van der Waals surface area contributed by atoms with Gasteiger partial charge in [-0.3, -0.25) is 19.6 Å². The van der Waals surface area contributed by atoms with Gasteiger partial charge in [-0.2, -0.15) is 0 Å². The zero-order chi connectivity index (χ0) is 19.7. The lowest BCUT2D eigenvalue weighted by Crippen LogP contribution is -2.44. The first-order valence-electron chi connectivity index (χ1n) is 8.82. The van der Waals surface area contributed by atoms with Crippen molar-refractivity contribution in [3.63, 3.8) is 0 Å². The van der Waals surface area contributed by atoms with Crippen molar-refractivity contribution >= 4 is 36.2 Å². The van der Waals surface area contributed by atoms with E-state index in [9.17, 15) is 9.59 Å². The monoisotopic (exact) mass is 490 g/mol. The number of benzene rings is 1. The van der Waals surface area contributed by atoms with E-state index in [1.54, 1.807) is 50.0 Å². The van der Waals surface area contributed by atoms with E-state index in [1.807, 2.05) is 14.9 Å². The zero-order valence-corrected chi connectivity index (χ0v) is 17.7. The fourth-order valence-corrected chi connectivity index (χ4v) is 6.12. The number of nitrogens with zero attached hydrogens (tertiary/aromatic N) is 4. The lowest BCUT2D eigenvalue weighted by molar-refractivity contribution is 0.0933. The van der Waals surface area contributed by atoms with E-state index in [-0.39, 0.29) is 11.6 Å². The van der Waals surface area contributed by atoms with Crippen LogP contribution in [0.5, 0.6) is 0 Å². The largest absolute Gasteiger partial charge is 0.383 e. The maximum absolute atomic E-state index is 13.4. The van der Waals surface area contributed by atoms with Gasteiger partial charge in [-0.25, -0.2) is 0 Å². The van der Waals surface area contributed by atoms with Gasteiger partial charge in [0.25, 0.3) is 0 Å². The number of methoxy groups -OCH3 is 1. The van der Waals surface area contributed by atoms with E-state index in [4.69, 9.17) is 4.74 Å². The first-order chi connectivity index (χ1) is 13.6. The minimum absolute atomic E-state index is 0.108. The molecule has 1 aliphatic carbocycles. The van der Waals surface area contributed by atoms with Crippen molar-refractivity contribution < 1.29 is 14.3 Å². The van der Waals surface area contributed by atoms with E-state index >= 15 is 0 Å². The van der Waals surface area contributed by atoms with Gasteiger partial charge in [0.2, 0.25) is 11.6 Å². The smallest absolute Gasteiger partial charge is 0.212 e. The molecule has 0 amide bonds. The highest BCUT2D eigenvalue weighted by Gasteiger charge is 2.40. The summed E-state index contributed by atoms with van der Waals surface area (Å²) in [5.41, 5.74) is 2.62. The maximum Gasteiger partial charge on any atom is 0.212 e. The van der Waals surface area contributed by atoms with Crippen LogP contribution in [0.1, 0.15) is 33.3 Å². The van der Waals surface area contributed by atoms with Crippen molar-refractivity contribution in [1.82, 2.24) is 18.0 Å². The Morgan fingerprint density at radius 1 is 1.07 bits per heavy atom. The van der Waals surface area contributed by atoms with Crippen molar-refractivity contribution in [2.75, 3.05) is 20.3 Å². The Morgan fingerprint density at radius 2 is 1.79 bits per heavy atom. The topological polar surface area (TPSA) is 75.6 Å². The predicted octanol–water partition coefficient (Wildman–Crippen LogP) is 2.57. The molecule has 4 rings (SSSR count). The summed E-state index contributed by atoms with van der Waals surface area (Å²) in [6.07, 6.45) is 4.95. The van der Waals surface area contributed by atoms with Crippen molar-refractivity contribution in [2.24, 2.45) is 0 Å². The maximum atomic E-state index is 13.4. The third-order valence-electron chi connectivity index (χ3n) is 4.62. The number of hydrogen-bond donors (Lipinski definition) is 0. The molecule has 0 unspecified atom stereocenters. The Hall–Kier alpha value is -2.46. The van der Waals surface area contributed by atoms with Crippen LogP contribution in [0.4, 0.5) is 0 Å². The standard InChI is InChI=1S/C20H19IN4O3/c1-13-21-25(12-14-11-22-7-8-23-14)18-17(24(13)9-10-28-2)19(26)15-5-3-4-6-16(15)20(18)27/h3-8,11H,9-10,12H2,1-2H3. The molecule has 0 N–H and O–H groups in total. The summed E-state index contributed by atoms with van der Waals surface area (Å²) in [4.78, 5) is 37.2. The molecule has 0 spiro atoms. The molecule has 0 atom stereocenters.